The maximum atomic E-state index is 13.3. The molecule has 0 fully saturated rings. The molecule has 2 aromatic carbocycles. The third-order valence-corrected chi connectivity index (χ3v) is 5.35. The highest BCUT2D eigenvalue weighted by Gasteiger charge is 2.11. The van der Waals surface area contributed by atoms with Gasteiger partial charge in [-0.05, 0) is 40.6 Å². The summed E-state index contributed by atoms with van der Waals surface area (Å²) in [5.41, 5.74) is 6.90. The van der Waals surface area contributed by atoms with Gasteiger partial charge in [-0.15, -0.1) is 11.3 Å². The van der Waals surface area contributed by atoms with Gasteiger partial charge in [0.15, 0.2) is 0 Å². The van der Waals surface area contributed by atoms with Crippen LogP contribution in [0.1, 0.15) is 5.56 Å². The van der Waals surface area contributed by atoms with Crippen LogP contribution in [-0.4, -0.2) is 4.21 Å². The zero-order valence-electron chi connectivity index (χ0n) is 10.5. The molecule has 0 bridgehead atoms. The number of anilines is 1. The van der Waals surface area contributed by atoms with Crippen LogP contribution in [0.2, 0.25) is 0 Å². The van der Waals surface area contributed by atoms with Crippen LogP contribution in [0.4, 0.5) is 10.1 Å². The summed E-state index contributed by atoms with van der Waals surface area (Å²) in [5.74, 6) is -0.0871. The van der Waals surface area contributed by atoms with Gasteiger partial charge in [0.05, 0.1) is 16.6 Å². The second kappa shape index (κ2) is 5.34. The molecule has 0 saturated carbocycles. The molecule has 0 aliphatic rings. The van der Waals surface area contributed by atoms with E-state index in [4.69, 9.17) is 5.73 Å². The molecule has 0 spiro atoms. The van der Waals surface area contributed by atoms with Gasteiger partial charge in [0.2, 0.25) is 0 Å². The Balaban J connectivity index is 1.92. The molecule has 20 heavy (non-hydrogen) atoms. The van der Waals surface area contributed by atoms with E-state index in [1.54, 1.807) is 17.4 Å². The summed E-state index contributed by atoms with van der Waals surface area (Å²) in [7, 11) is -1.30. The zero-order chi connectivity index (χ0) is 14.1. The van der Waals surface area contributed by atoms with Crippen LogP contribution in [0.15, 0.2) is 52.7 Å². The lowest BCUT2D eigenvalue weighted by molar-refractivity contribution is 0.623. The van der Waals surface area contributed by atoms with Crippen LogP contribution in [0, 0.1) is 5.82 Å². The molecule has 0 radical (unpaired) electrons. The van der Waals surface area contributed by atoms with E-state index in [0.717, 1.165) is 10.9 Å². The minimum absolute atomic E-state index is 0.295. The molecular formula is C15H12FNOS2. The van der Waals surface area contributed by atoms with Gasteiger partial charge in [0.1, 0.15) is 5.82 Å². The van der Waals surface area contributed by atoms with E-state index in [-0.39, 0.29) is 0 Å². The first-order chi connectivity index (χ1) is 9.63. The summed E-state index contributed by atoms with van der Waals surface area (Å²) in [6.45, 7) is 0. The van der Waals surface area contributed by atoms with E-state index in [1.807, 2.05) is 29.6 Å². The first-order valence-electron chi connectivity index (χ1n) is 6.03. The number of thiophene rings is 1. The largest absolute Gasteiger partial charge is 0.399 e. The molecule has 3 rings (SSSR count). The summed E-state index contributed by atoms with van der Waals surface area (Å²) < 4.78 is 26.8. The van der Waals surface area contributed by atoms with Crippen LogP contribution in [0.25, 0.3) is 10.1 Å². The number of halogens is 1. The Hall–Kier alpha value is -1.72. The predicted octanol–water partition coefficient (Wildman–Crippen LogP) is 3.93. The van der Waals surface area contributed by atoms with Crippen molar-refractivity contribution in [2.45, 2.75) is 10.6 Å². The lowest BCUT2D eigenvalue weighted by Gasteiger charge is -2.04. The van der Waals surface area contributed by atoms with E-state index < -0.39 is 16.6 Å². The number of nitrogen functional groups attached to an aromatic ring is 1. The minimum Gasteiger partial charge on any atom is -0.399 e. The standard InChI is InChI=1S/C15H12FNOS2/c16-11-5-12(17)7-13(6-11)20(18)9-10-8-19-15-4-2-1-3-14(10)15/h1-8H,9,17H2. The quantitative estimate of drug-likeness (QED) is 0.745. The molecule has 0 aliphatic carbocycles. The van der Waals surface area contributed by atoms with E-state index in [0.29, 0.717) is 16.3 Å². The maximum Gasteiger partial charge on any atom is 0.126 e. The summed E-state index contributed by atoms with van der Waals surface area (Å²) in [5, 5.41) is 3.11. The van der Waals surface area contributed by atoms with Crippen molar-refractivity contribution in [3.05, 3.63) is 59.2 Å². The molecule has 1 heterocycles. The third-order valence-electron chi connectivity index (χ3n) is 3.00. The molecular weight excluding hydrogens is 293 g/mol. The highest BCUT2D eigenvalue weighted by molar-refractivity contribution is 7.84. The van der Waals surface area contributed by atoms with Crippen LogP contribution in [0.3, 0.4) is 0 Å². The summed E-state index contributed by atoms with van der Waals surface area (Å²) in [6, 6.07) is 12.1. The first kappa shape index (κ1) is 13.3. The van der Waals surface area contributed by atoms with E-state index in [2.05, 4.69) is 0 Å². The van der Waals surface area contributed by atoms with Crippen LogP contribution in [0.5, 0.6) is 0 Å². The van der Waals surface area contributed by atoms with Gasteiger partial charge in [-0.2, -0.15) is 0 Å². The molecule has 1 aromatic heterocycles. The number of hydrogen-bond acceptors (Lipinski definition) is 3. The van der Waals surface area contributed by atoms with Gasteiger partial charge in [-0.3, -0.25) is 4.21 Å². The van der Waals surface area contributed by atoms with Crippen molar-refractivity contribution >= 4 is 37.9 Å². The Labute approximate surface area is 122 Å². The Morgan fingerprint density at radius 1 is 1.20 bits per heavy atom. The van der Waals surface area contributed by atoms with Crippen molar-refractivity contribution in [2.24, 2.45) is 0 Å². The number of nitrogens with two attached hydrogens (primary N) is 1. The summed E-state index contributed by atoms with van der Waals surface area (Å²) in [6.07, 6.45) is 0. The molecule has 1 unspecified atom stereocenters. The molecule has 2 N–H and O–H groups in total. The second-order valence-electron chi connectivity index (χ2n) is 4.47. The van der Waals surface area contributed by atoms with Crippen molar-refractivity contribution in [1.82, 2.24) is 0 Å². The summed E-state index contributed by atoms with van der Waals surface area (Å²) in [4.78, 5) is 0.429. The van der Waals surface area contributed by atoms with Crippen LogP contribution < -0.4 is 5.73 Å². The van der Waals surface area contributed by atoms with E-state index in [9.17, 15) is 8.60 Å². The lowest BCUT2D eigenvalue weighted by Crippen LogP contribution is -1.98. The number of hydrogen-bond donors (Lipinski definition) is 1. The van der Waals surface area contributed by atoms with Gasteiger partial charge in [0.25, 0.3) is 0 Å². The van der Waals surface area contributed by atoms with E-state index >= 15 is 0 Å². The van der Waals surface area contributed by atoms with Gasteiger partial charge >= 0.3 is 0 Å². The smallest absolute Gasteiger partial charge is 0.126 e. The first-order valence-corrected chi connectivity index (χ1v) is 8.23. The highest BCUT2D eigenvalue weighted by atomic mass is 32.2. The van der Waals surface area contributed by atoms with Gasteiger partial charge in [0, 0.05) is 15.3 Å². The number of fused-ring (bicyclic) bond motifs is 1. The lowest BCUT2D eigenvalue weighted by atomic mass is 10.2. The topological polar surface area (TPSA) is 43.1 Å². The molecule has 0 saturated heterocycles. The maximum absolute atomic E-state index is 13.3. The average Bonchev–Trinajstić information content (AvgIpc) is 2.81. The molecule has 102 valence electrons. The molecule has 0 amide bonds. The van der Waals surface area contributed by atoms with Crippen molar-refractivity contribution in [2.75, 3.05) is 5.73 Å². The average molecular weight is 305 g/mol. The highest BCUT2D eigenvalue weighted by Crippen LogP contribution is 2.28. The van der Waals surface area contributed by atoms with Crippen molar-refractivity contribution in [1.29, 1.82) is 0 Å². The third kappa shape index (κ3) is 2.59. The molecule has 2 nitrogen and oxygen atoms in total. The Morgan fingerprint density at radius 2 is 2.00 bits per heavy atom. The van der Waals surface area contributed by atoms with Crippen LogP contribution in [-0.2, 0) is 16.6 Å². The van der Waals surface area contributed by atoms with E-state index in [1.165, 1.54) is 16.8 Å². The number of benzene rings is 2. The van der Waals surface area contributed by atoms with Crippen molar-refractivity contribution in [3.63, 3.8) is 0 Å². The van der Waals surface area contributed by atoms with Crippen molar-refractivity contribution < 1.29 is 8.60 Å². The Morgan fingerprint density at radius 3 is 2.80 bits per heavy atom. The van der Waals surface area contributed by atoms with Crippen LogP contribution >= 0.6 is 11.3 Å². The normalized spacial score (nSPS) is 12.7. The second-order valence-corrected chi connectivity index (χ2v) is 6.83. The Kier molecular flexibility index (Phi) is 3.54. The van der Waals surface area contributed by atoms with Gasteiger partial charge < -0.3 is 5.73 Å². The molecule has 5 heteroatoms. The SMILES string of the molecule is Nc1cc(F)cc(S(=O)Cc2csc3ccccc23)c1. The Bertz CT molecular complexity index is 777. The number of rotatable bonds is 3. The molecule has 0 aliphatic heterocycles. The van der Waals surface area contributed by atoms with Gasteiger partial charge in [-0.1, -0.05) is 18.2 Å². The molecule has 3 aromatic rings. The van der Waals surface area contributed by atoms with Crippen molar-refractivity contribution in [3.8, 4) is 0 Å². The minimum atomic E-state index is -1.30. The molecule has 1 atom stereocenters. The monoisotopic (exact) mass is 305 g/mol. The predicted molar refractivity (Wildman–Crippen MR) is 82.7 cm³/mol. The fourth-order valence-electron chi connectivity index (χ4n) is 2.08. The zero-order valence-corrected chi connectivity index (χ0v) is 12.1. The summed E-state index contributed by atoms with van der Waals surface area (Å²) >= 11 is 1.62. The fourth-order valence-corrected chi connectivity index (χ4v) is 4.35. The fraction of sp³-hybridized carbons (Fsp3) is 0.0667. The van der Waals surface area contributed by atoms with Gasteiger partial charge in [-0.25, -0.2) is 4.39 Å².